The molecule has 3 atom stereocenters. The first-order valence-electron chi connectivity index (χ1n) is 33.7. The number of aliphatic hydroxyl groups is 1. The van der Waals surface area contributed by atoms with Crippen LogP contribution in [-0.4, -0.2) is 10.9 Å². The first-order chi connectivity index (χ1) is 49.2. The smallest absolute Gasteiger partial charge is 0.174 e. The topological polar surface area (TPSA) is 130 Å². The average molecular weight is 1330 g/mol. The van der Waals surface area contributed by atoms with E-state index in [-0.39, 0.29) is 12.2 Å². The Morgan fingerprint density at radius 3 is 1.01 bits per heavy atom. The van der Waals surface area contributed by atoms with Crippen molar-refractivity contribution in [3.63, 3.8) is 0 Å². The van der Waals surface area contributed by atoms with Crippen LogP contribution >= 0.6 is 0 Å². The molecule has 12 nitrogen and oxygen atoms in total. The molecule has 0 saturated heterocycles. The van der Waals surface area contributed by atoms with Gasteiger partial charge in [0.2, 0.25) is 0 Å². The van der Waals surface area contributed by atoms with Gasteiger partial charge in [-0.1, -0.05) is 243 Å². The highest BCUT2D eigenvalue weighted by Gasteiger charge is 2.35. The van der Waals surface area contributed by atoms with Gasteiger partial charge in [-0.25, -0.2) is 0 Å². The van der Waals surface area contributed by atoms with E-state index in [1.807, 2.05) is 287 Å². The molecule has 2 aliphatic rings. The maximum absolute atomic E-state index is 13.9. The van der Waals surface area contributed by atoms with Gasteiger partial charge in [0.05, 0.1) is 18.1 Å². The minimum Gasteiger partial charge on any atom is -0.489 e. The van der Waals surface area contributed by atoms with E-state index in [0.717, 1.165) is 66.8 Å². The molecule has 0 fully saturated rings. The molecule has 100 heavy (non-hydrogen) atoms. The van der Waals surface area contributed by atoms with Gasteiger partial charge in [0, 0.05) is 30.7 Å². The predicted octanol–water partition coefficient (Wildman–Crippen LogP) is 19.9. The fraction of sp³-hybridized carbons (Fsp3) is 0.170. The van der Waals surface area contributed by atoms with Crippen molar-refractivity contribution >= 4 is 5.78 Å². The van der Waals surface area contributed by atoms with E-state index in [2.05, 4.69) is 6.07 Å². The summed E-state index contributed by atoms with van der Waals surface area (Å²) in [5, 5.41) is 11.7. The van der Waals surface area contributed by atoms with Crippen molar-refractivity contribution in [3.05, 3.63) is 369 Å². The summed E-state index contributed by atoms with van der Waals surface area (Å²) in [6.45, 7) is 6.94. The highest BCUT2D eigenvalue weighted by molar-refractivity contribution is 6.03. The van der Waals surface area contributed by atoms with Crippen LogP contribution in [0.1, 0.15) is 114 Å². The van der Waals surface area contributed by atoms with Crippen LogP contribution in [0.4, 0.5) is 0 Å². The molecule has 12 aromatic carbocycles. The number of benzene rings is 12. The monoisotopic (exact) mass is 1330 g/mol. The maximum Gasteiger partial charge on any atom is 0.174 e. The number of fused-ring (bicyclic) bond motifs is 2. The fourth-order valence-corrected chi connectivity index (χ4v) is 12.1. The molecule has 0 amide bonds. The molecule has 2 aliphatic heterocycles. The lowest BCUT2D eigenvalue weighted by molar-refractivity contribution is 0.0616. The number of rotatable bonds is 26. The number of hydrogen-bond donors (Lipinski definition) is 1. The van der Waals surface area contributed by atoms with Gasteiger partial charge in [0.15, 0.2) is 28.8 Å². The molecule has 2 heterocycles. The van der Waals surface area contributed by atoms with Gasteiger partial charge in [-0.15, -0.1) is 0 Å². The first-order valence-corrected chi connectivity index (χ1v) is 33.7. The molecule has 502 valence electrons. The second-order valence-electron chi connectivity index (χ2n) is 24.7. The molecule has 2 unspecified atom stereocenters. The van der Waals surface area contributed by atoms with E-state index in [9.17, 15) is 9.90 Å². The van der Waals surface area contributed by atoms with Crippen molar-refractivity contribution in [1.82, 2.24) is 0 Å². The van der Waals surface area contributed by atoms with Gasteiger partial charge in [-0.3, -0.25) is 4.79 Å². The maximum atomic E-state index is 13.9. The van der Waals surface area contributed by atoms with Gasteiger partial charge < -0.3 is 52.5 Å². The van der Waals surface area contributed by atoms with Gasteiger partial charge in [0.25, 0.3) is 0 Å². The molecular formula is C88H78O12. The summed E-state index contributed by atoms with van der Waals surface area (Å²) >= 11 is 0. The van der Waals surface area contributed by atoms with Crippen LogP contribution < -0.4 is 47.4 Å². The number of Topliss-reactive ketones (excluding diaryl/α,β-unsaturated/α-hetero) is 1. The van der Waals surface area contributed by atoms with Gasteiger partial charge >= 0.3 is 0 Å². The average Bonchev–Trinajstić information content (AvgIpc) is 0.776. The second-order valence-corrected chi connectivity index (χ2v) is 24.7. The largest absolute Gasteiger partial charge is 0.489 e. The number of ether oxygens (including phenoxy) is 10. The Labute approximate surface area is 584 Å². The van der Waals surface area contributed by atoms with Crippen molar-refractivity contribution in [3.8, 4) is 57.5 Å². The van der Waals surface area contributed by atoms with E-state index in [4.69, 9.17) is 47.4 Å². The zero-order valence-electron chi connectivity index (χ0n) is 56.0. The van der Waals surface area contributed by atoms with Crippen molar-refractivity contribution in [2.75, 3.05) is 0 Å². The van der Waals surface area contributed by atoms with Gasteiger partial charge in [0.1, 0.15) is 105 Å². The van der Waals surface area contributed by atoms with Crippen molar-refractivity contribution in [2.24, 2.45) is 0 Å². The first kappa shape index (κ1) is 66.9. The number of ketones is 1. The molecule has 0 radical (unpaired) electrons. The van der Waals surface area contributed by atoms with E-state index >= 15 is 0 Å². The number of carbonyl (C=O) groups is 1. The molecular weight excluding hydrogens is 1250 g/mol. The quantitative estimate of drug-likeness (QED) is 0.0554. The highest BCUT2D eigenvalue weighted by Crippen LogP contribution is 2.50. The standard InChI is InChI=1S/C44H40O6.C44H38O6/c2*1-31-22-36(23-42(48-29-34-18-10-4-11-19-34)44(31)49-30-35-20-12-5-13-21-35)39-26-38(45)43-40(47-28-33-16-8-3-9-17-33)24-37(25-41(43)50-39)46-27-32-14-6-2-7-15-32/h2-25,38-39,45H,26-30H2,1H3;2-25,39H,26-30H2,1H3/t38?,39-;/m0./s1. The summed E-state index contributed by atoms with van der Waals surface area (Å²) < 4.78 is 63.9. The van der Waals surface area contributed by atoms with Crippen molar-refractivity contribution < 1.29 is 57.3 Å². The summed E-state index contributed by atoms with van der Waals surface area (Å²) in [5.74, 6) is 5.55. The number of aliphatic hydroxyl groups excluding tert-OH is 1. The molecule has 1 N–H and O–H groups in total. The summed E-state index contributed by atoms with van der Waals surface area (Å²) in [6.07, 6.45) is -1.37. The number of hydrogen-bond acceptors (Lipinski definition) is 12. The molecule has 0 saturated carbocycles. The van der Waals surface area contributed by atoms with Crippen molar-refractivity contribution in [1.29, 1.82) is 0 Å². The number of aryl methyl sites for hydroxylation is 2. The Morgan fingerprint density at radius 2 is 0.630 bits per heavy atom. The Balaban J connectivity index is 0.000000179. The summed E-state index contributed by atoms with van der Waals surface area (Å²) in [5.41, 5.74) is 12.8. The second kappa shape index (κ2) is 33.0. The molecule has 0 aliphatic carbocycles. The summed E-state index contributed by atoms with van der Waals surface area (Å²) in [7, 11) is 0. The van der Waals surface area contributed by atoms with Crippen LogP contribution in [0.3, 0.4) is 0 Å². The van der Waals surface area contributed by atoms with Crippen LogP contribution in [-0.2, 0) is 52.9 Å². The van der Waals surface area contributed by atoms with E-state index in [1.54, 1.807) is 12.1 Å². The van der Waals surface area contributed by atoms with Crippen molar-refractivity contribution in [2.45, 2.75) is 97.9 Å². The fourth-order valence-electron chi connectivity index (χ4n) is 12.1. The molecule has 14 rings (SSSR count). The lowest BCUT2D eigenvalue weighted by atomic mass is 9.93. The van der Waals surface area contributed by atoms with Crippen LogP contribution in [0.25, 0.3) is 0 Å². The van der Waals surface area contributed by atoms with Crippen LogP contribution in [0.2, 0.25) is 0 Å². The highest BCUT2D eigenvalue weighted by atomic mass is 16.5. The third-order valence-corrected chi connectivity index (χ3v) is 17.2. The lowest BCUT2D eigenvalue weighted by Gasteiger charge is -2.32. The molecule has 0 bridgehead atoms. The van der Waals surface area contributed by atoms with Crippen LogP contribution in [0, 0.1) is 13.8 Å². The Morgan fingerprint density at radius 1 is 0.330 bits per heavy atom. The zero-order chi connectivity index (χ0) is 68.2. The minimum atomic E-state index is -0.833. The van der Waals surface area contributed by atoms with E-state index in [0.29, 0.717) is 128 Å². The molecule has 12 aromatic rings. The SMILES string of the molecule is Cc1cc(C2CC(=O)c3c(OCc4ccccc4)cc(OCc4ccccc4)cc3O2)cc(OCc2ccccc2)c1OCc1ccccc1.Cc1cc([C@@H]2CC(O)c3c(OCc4ccccc4)cc(OCc4ccccc4)cc3O2)cc(OCc2ccccc2)c1OCc1ccccc1. The van der Waals surface area contributed by atoms with E-state index < -0.39 is 18.3 Å². The molecule has 0 aromatic heterocycles. The third kappa shape index (κ3) is 17.7. The normalized spacial score (nSPS) is 14.3. The van der Waals surface area contributed by atoms with Gasteiger partial charge in [-0.05, 0) is 105 Å². The zero-order valence-corrected chi connectivity index (χ0v) is 56.0. The molecule has 0 spiro atoms. The molecule has 12 heteroatoms. The van der Waals surface area contributed by atoms with Gasteiger partial charge in [-0.2, -0.15) is 0 Å². The van der Waals surface area contributed by atoms with E-state index in [1.165, 1.54) is 0 Å². The predicted molar refractivity (Wildman–Crippen MR) is 387 cm³/mol. The summed E-state index contributed by atoms with van der Waals surface area (Å²) in [6, 6.07) is 95.2. The Kier molecular flexibility index (Phi) is 22.1. The third-order valence-electron chi connectivity index (χ3n) is 17.2. The van der Waals surface area contributed by atoms with Crippen LogP contribution in [0.15, 0.2) is 291 Å². The Bertz CT molecular complexity index is 4600. The minimum absolute atomic E-state index is 0.0669. The van der Waals surface area contributed by atoms with Crippen LogP contribution in [0.5, 0.6) is 57.5 Å². The number of carbonyl (C=O) groups excluding carboxylic acids is 1. The lowest BCUT2D eigenvalue weighted by Crippen LogP contribution is -2.22. The Hall–Kier alpha value is -11.7. The summed E-state index contributed by atoms with van der Waals surface area (Å²) in [4.78, 5) is 13.9.